The number of fused-ring (bicyclic) bond motifs is 3. The fourth-order valence-electron chi connectivity index (χ4n) is 8.08. The molecule has 0 N–H and O–H groups in total. The van der Waals surface area contributed by atoms with E-state index in [1.807, 2.05) is 0 Å². The average Bonchev–Trinajstić information content (AvgIpc) is 3.66. The Morgan fingerprint density at radius 2 is 0.981 bits per heavy atom. The Bertz CT molecular complexity index is 1990. The number of halogens is 4. The summed E-state index contributed by atoms with van der Waals surface area (Å²) in [4.78, 5) is 0. The molecule has 0 bridgehead atoms. The van der Waals surface area contributed by atoms with Crippen molar-refractivity contribution in [2.24, 2.45) is 0 Å². The maximum Gasteiger partial charge on any atom is -1.00 e. The van der Waals surface area contributed by atoms with Crippen molar-refractivity contribution in [3.8, 4) is 11.1 Å². The predicted octanol–water partition coefficient (Wildman–Crippen LogP) is 7.19. The van der Waals surface area contributed by atoms with E-state index >= 15 is 0 Å². The minimum Gasteiger partial charge on any atom is -1.00 e. The van der Waals surface area contributed by atoms with Crippen LogP contribution in [0.1, 0.15) is 128 Å². The third-order valence-corrected chi connectivity index (χ3v) is 18.9. The molecule has 0 radical (unpaired) electrons. The monoisotopic (exact) mass is 848 g/mol. The van der Waals surface area contributed by atoms with Crippen LogP contribution in [0.2, 0.25) is 13.7 Å². The van der Waals surface area contributed by atoms with Crippen molar-refractivity contribution in [2.75, 3.05) is 0 Å². The Morgan fingerprint density at radius 1 is 0.558 bits per heavy atom. The van der Waals surface area contributed by atoms with Gasteiger partial charge in [-0.3, -0.25) is 0 Å². The summed E-state index contributed by atoms with van der Waals surface area (Å²) in [6.07, 6.45) is 10.5. The third kappa shape index (κ3) is 8.41. The van der Waals surface area contributed by atoms with Crippen molar-refractivity contribution < 1.29 is 46.1 Å². The molecule has 0 unspecified atom stereocenters. The van der Waals surface area contributed by atoms with Crippen LogP contribution in [-0.4, -0.2) is 3.21 Å². The molecule has 5 heteroatoms. The second-order valence-corrected chi connectivity index (χ2v) is 25.5. The van der Waals surface area contributed by atoms with Crippen LogP contribution in [0.3, 0.4) is 0 Å². The fourth-order valence-corrected chi connectivity index (χ4v) is 17.7. The number of allylic oxidation sites excluding steroid dienone is 4. The van der Waals surface area contributed by atoms with E-state index in [0.717, 1.165) is 16.5 Å². The predicted molar refractivity (Wildman–Crippen MR) is 217 cm³/mol. The van der Waals surface area contributed by atoms with Gasteiger partial charge in [-0.15, -0.1) is 0 Å². The Balaban J connectivity index is 0.00000302. The molecule has 274 valence electrons. The molecule has 0 saturated carbocycles. The fraction of sp³-hybridized carbons (Fsp3) is 0.383. The van der Waals surface area contributed by atoms with E-state index in [1.165, 1.54) is 47.7 Å². The second kappa shape index (κ2) is 15.4. The molecule has 0 amide bonds. The summed E-state index contributed by atoms with van der Waals surface area (Å²) in [5.74, 6) is 0. The Labute approximate surface area is 344 Å². The molecular formula is C47H54Cl4Zr. The van der Waals surface area contributed by atoms with Gasteiger partial charge in [0.2, 0.25) is 0 Å². The Hall–Kier alpha value is -1.73. The summed E-state index contributed by atoms with van der Waals surface area (Å²) in [5, 5.41) is 1.53. The molecule has 0 saturated heterocycles. The normalized spacial score (nSPS) is 13.9. The maximum absolute atomic E-state index is 6.55. The quantitative estimate of drug-likeness (QED) is 0.180. The molecule has 52 heavy (non-hydrogen) atoms. The zero-order valence-corrected chi connectivity index (χ0v) is 38.4. The molecule has 0 spiro atoms. The SMILES string of the molecule is CC(C)(C)c1cc2c(cc1C(C)(C)C)-c1cc(C(C)(C)C)c(C(C)(C)C)[c]([Zr+2](=[C](c3ccc(Cl)cc3)c3ccc(Cl)cc3)[CH]3C=CC=C3)c1C2.[Cl-].[Cl-]. The number of rotatable bonds is 4. The van der Waals surface area contributed by atoms with Gasteiger partial charge >= 0.3 is 322 Å². The molecule has 6 rings (SSSR count). The van der Waals surface area contributed by atoms with E-state index in [2.05, 4.69) is 174 Å². The molecule has 0 heterocycles. The Morgan fingerprint density at radius 3 is 1.40 bits per heavy atom. The second-order valence-electron chi connectivity index (χ2n) is 18.5. The van der Waals surface area contributed by atoms with Gasteiger partial charge in [-0.05, 0) is 0 Å². The van der Waals surface area contributed by atoms with Crippen LogP contribution >= 0.6 is 23.2 Å². The van der Waals surface area contributed by atoms with E-state index in [1.54, 1.807) is 14.4 Å². The van der Waals surface area contributed by atoms with Crippen LogP contribution in [0.4, 0.5) is 0 Å². The van der Waals surface area contributed by atoms with E-state index < -0.39 is 21.3 Å². The number of hydrogen-bond acceptors (Lipinski definition) is 0. The molecule has 4 aromatic carbocycles. The minimum atomic E-state index is -2.99. The topological polar surface area (TPSA) is 0 Å². The van der Waals surface area contributed by atoms with Gasteiger partial charge in [0.25, 0.3) is 0 Å². The van der Waals surface area contributed by atoms with Gasteiger partial charge in [0.05, 0.1) is 0 Å². The van der Waals surface area contributed by atoms with Gasteiger partial charge in [0.1, 0.15) is 0 Å². The first kappa shape index (κ1) is 43.0. The first-order chi connectivity index (χ1) is 23.2. The van der Waals surface area contributed by atoms with Gasteiger partial charge < -0.3 is 24.8 Å². The van der Waals surface area contributed by atoms with Crippen molar-refractivity contribution in [1.29, 1.82) is 0 Å². The van der Waals surface area contributed by atoms with Gasteiger partial charge in [0.15, 0.2) is 0 Å². The molecule has 2 aliphatic rings. The first-order valence-electron chi connectivity index (χ1n) is 18.2. The molecule has 4 aromatic rings. The largest absolute Gasteiger partial charge is 1.00 e. The van der Waals surface area contributed by atoms with E-state index in [0.29, 0.717) is 3.63 Å². The molecule has 0 atom stereocenters. The maximum atomic E-state index is 6.55. The van der Waals surface area contributed by atoms with Crippen LogP contribution < -0.4 is 28.1 Å². The van der Waals surface area contributed by atoms with Gasteiger partial charge in [0, 0.05) is 0 Å². The van der Waals surface area contributed by atoms with Gasteiger partial charge in [-0.25, -0.2) is 0 Å². The number of benzene rings is 4. The minimum absolute atomic E-state index is 0. The van der Waals surface area contributed by atoms with Crippen LogP contribution in [-0.2, 0) is 49.3 Å². The summed E-state index contributed by atoms with van der Waals surface area (Å²) >= 11 is 10.1. The molecule has 0 nitrogen and oxygen atoms in total. The van der Waals surface area contributed by atoms with Crippen LogP contribution in [0.5, 0.6) is 0 Å². The van der Waals surface area contributed by atoms with Crippen LogP contribution in [0.15, 0.2) is 91.0 Å². The first-order valence-corrected chi connectivity index (χ1v) is 22.8. The zero-order valence-electron chi connectivity index (χ0n) is 33.0. The van der Waals surface area contributed by atoms with E-state index in [9.17, 15) is 0 Å². The standard InChI is InChI=1S/C29H41.C13H8Cl2.C5H5.2ClH.Zr/c1-26(2,3)22-14-18-13-19-15-23(27(4,5)6)25(29(10,11)12)17-21(19)20(18)16-24(22)28(7,8)9;14-12-5-1-10(2-6-12)9-11-3-7-13(15)8-4-11;1-2-4-5-3-1;;;/h14,16-17H,13H2,1-12H3;1-8H;1-5H;2*1H;/q;;;;;+2/p-2. The summed E-state index contributed by atoms with van der Waals surface area (Å²) in [6.45, 7) is 28.8. The molecule has 2 aliphatic carbocycles. The van der Waals surface area contributed by atoms with E-state index in [-0.39, 0.29) is 46.5 Å². The Kier molecular flexibility index (Phi) is 12.8. The average molecular weight is 852 g/mol. The van der Waals surface area contributed by atoms with Crippen LogP contribution in [0.25, 0.3) is 11.1 Å². The molecular weight excluding hydrogens is 798 g/mol. The van der Waals surface area contributed by atoms with Gasteiger partial charge in [-0.2, -0.15) is 0 Å². The third-order valence-electron chi connectivity index (χ3n) is 10.4. The van der Waals surface area contributed by atoms with E-state index in [4.69, 9.17) is 23.2 Å². The smallest absolute Gasteiger partial charge is 1.00 e. The summed E-state index contributed by atoms with van der Waals surface area (Å²) in [7, 11) is 0. The molecule has 0 aliphatic heterocycles. The van der Waals surface area contributed by atoms with Crippen LogP contribution in [0, 0.1) is 0 Å². The zero-order chi connectivity index (χ0) is 36.6. The van der Waals surface area contributed by atoms with Crippen molar-refractivity contribution in [3.63, 3.8) is 0 Å². The van der Waals surface area contributed by atoms with Gasteiger partial charge in [-0.1, -0.05) is 0 Å². The molecule has 0 aromatic heterocycles. The molecule has 0 fully saturated rings. The summed E-state index contributed by atoms with van der Waals surface area (Å²) in [5.41, 5.74) is 14.4. The number of hydrogen-bond donors (Lipinski definition) is 0. The van der Waals surface area contributed by atoms with Crippen molar-refractivity contribution >= 4 is 29.7 Å². The van der Waals surface area contributed by atoms with Crippen molar-refractivity contribution in [1.82, 2.24) is 0 Å². The van der Waals surface area contributed by atoms with Crippen molar-refractivity contribution in [3.05, 3.63) is 146 Å². The summed E-state index contributed by atoms with van der Waals surface area (Å²) in [6, 6.07) is 25.0. The van der Waals surface area contributed by atoms with Crippen molar-refractivity contribution in [2.45, 2.75) is 115 Å². The summed E-state index contributed by atoms with van der Waals surface area (Å²) < 4.78 is 3.55.